The number of hydrogen-bond donors (Lipinski definition) is 1. The molecule has 0 aliphatic carbocycles. The first-order chi connectivity index (χ1) is 6.74. The van der Waals surface area contributed by atoms with Gasteiger partial charge < -0.3 is 9.73 Å². The molecular weight excluding hydrogens is 178 g/mol. The molecule has 1 aromatic rings. The molecule has 78 valence electrons. The van der Waals surface area contributed by atoms with Crippen molar-refractivity contribution in [1.29, 1.82) is 0 Å². The van der Waals surface area contributed by atoms with E-state index in [1.807, 2.05) is 19.1 Å². The molecule has 1 heterocycles. The van der Waals surface area contributed by atoms with Crippen LogP contribution in [-0.2, 0) is 4.79 Å². The van der Waals surface area contributed by atoms with Gasteiger partial charge in [0, 0.05) is 6.42 Å². The van der Waals surface area contributed by atoms with Crippen molar-refractivity contribution in [2.45, 2.75) is 39.2 Å². The van der Waals surface area contributed by atoms with Crippen LogP contribution in [0, 0.1) is 0 Å². The molecule has 0 bridgehead atoms. The summed E-state index contributed by atoms with van der Waals surface area (Å²) in [4.78, 5) is 11.4. The summed E-state index contributed by atoms with van der Waals surface area (Å²) in [5, 5.41) is 2.88. The van der Waals surface area contributed by atoms with Gasteiger partial charge in [0.1, 0.15) is 5.76 Å². The van der Waals surface area contributed by atoms with E-state index in [9.17, 15) is 4.79 Å². The maximum atomic E-state index is 11.4. The highest BCUT2D eigenvalue weighted by Crippen LogP contribution is 2.12. The highest BCUT2D eigenvalue weighted by Gasteiger charge is 2.10. The third-order valence-electron chi connectivity index (χ3n) is 2.10. The summed E-state index contributed by atoms with van der Waals surface area (Å²) in [6, 6.07) is 3.66. The maximum absolute atomic E-state index is 11.4. The first-order valence-corrected chi connectivity index (χ1v) is 5.06. The molecule has 0 aliphatic rings. The normalized spacial score (nSPS) is 12.4. The largest absolute Gasteiger partial charge is 0.467 e. The van der Waals surface area contributed by atoms with Crippen LogP contribution < -0.4 is 5.32 Å². The Balaban J connectivity index is 2.33. The van der Waals surface area contributed by atoms with Crippen LogP contribution >= 0.6 is 0 Å². The smallest absolute Gasteiger partial charge is 0.220 e. The van der Waals surface area contributed by atoms with Crippen LogP contribution in [0.3, 0.4) is 0 Å². The van der Waals surface area contributed by atoms with Crippen molar-refractivity contribution < 1.29 is 9.21 Å². The lowest BCUT2D eigenvalue weighted by Gasteiger charge is -2.10. The first kappa shape index (κ1) is 10.8. The van der Waals surface area contributed by atoms with E-state index in [1.54, 1.807) is 6.26 Å². The van der Waals surface area contributed by atoms with Crippen molar-refractivity contribution in [2.75, 3.05) is 0 Å². The summed E-state index contributed by atoms with van der Waals surface area (Å²) in [6.45, 7) is 3.99. The Morgan fingerprint density at radius 2 is 2.43 bits per heavy atom. The molecule has 0 radical (unpaired) electrons. The fourth-order valence-corrected chi connectivity index (χ4v) is 1.26. The third-order valence-corrected chi connectivity index (χ3v) is 2.10. The van der Waals surface area contributed by atoms with Crippen molar-refractivity contribution in [2.24, 2.45) is 0 Å². The molecule has 1 atom stereocenters. The van der Waals surface area contributed by atoms with Crippen molar-refractivity contribution in [3.05, 3.63) is 24.2 Å². The van der Waals surface area contributed by atoms with Crippen LogP contribution in [0.1, 0.15) is 44.9 Å². The van der Waals surface area contributed by atoms with Crippen LogP contribution in [0.25, 0.3) is 0 Å². The average Bonchev–Trinajstić information content (AvgIpc) is 2.67. The average molecular weight is 195 g/mol. The fraction of sp³-hybridized carbons (Fsp3) is 0.545. The number of carbonyl (C=O) groups excluding carboxylic acids is 1. The molecule has 0 aliphatic heterocycles. The summed E-state index contributed by atoms with van der Waals surface area (Å²) in [5.41, 5.74) is 0. The summed E-state index contributed by atoms with van der Waals surface area (Å²) >= 11 is 0. The lowest BCUT2D eigenvalue weighted by atomic mass is 10.2. The lowest BCUT2D eigenvalue weighted by Crippen LogP contribution is -2.25. The minimum absolute atomic E-state index is 0.0330. The van der Waals surface area contributed by atoms with Crippen molar-refractivity contribution in [3.63, 3.8) is 0 Å². The molecule has 0 saturated heterocycles. The lowest BCUT2D eigenvalue weighted by molar-refractivity contribution is -0.121. The monoisotopic (exact) mass is 195 g/mol. The number of rotatable bonds is 5. The highest BCUT2D eigenvalue weighted by molar-refractivity contribution is 5.76. The van der Waals surface area contributed by atoms with E-state index in [0.717, 1.165) is 18.6 Å². The van der Waals surface area contributed by atoms with E-state index in [2.05, 4.69) is 12.2 Å². The minimum atomic E-state index is -0.0330. The molecule has 14 heavy (non-hydrogen) atoms. The number of amides is 1. The first-order valence-electron chi connectivity index (χ1n) is 5.06. The Kier molecular flexibility index (Phi) is 4.23. The maximum Gasteiger partial charge on any atom is 0.220 e. The van der Waals surface area contributed by atoms with E-state index in [1.165, 1.54) is 0 Å². The van der Waals surface area contributed by atoms with Crippen LogP contribution in [-0.4, -0.2) is 5.91 Å². The molecule has 0 saturated carbocycles. The van der Waals surface area contributed by atoms with Gasteiger partial charge in [-0.05, 0) is 25.5 Å². The van der Waals surface area contributed by atoms with Crippen LogP contribution in [0.5, 0.6) is 0 Å². The van der Waals surface area contributed by atoms with Gasteiger partial charge in [0.15, 0.2) is 0 Å². The Bertz CT molecular complexity index is 267. The molecule has 0 spiro atoms. The van der Waals surface area contributed by atoms with Crippen molar-refractivity contribution >= 4 is 5.91 Å². The van der Waals surface area contributed by atoms with E-state index in [4.69, 9.17) is 4.42 Å². The van der Waals surface area contributed by atoms with Gasteiger partial charge in [-0.3, -0.25) is 4.79 Å². The van der Waals surface area contributed by atoms with Crippen molar-refractivity contribution in [3.8, 4) is 0 Å². The zero-order valence-electron chi connectivity index (χ0n) is 8.75. The molecule has 1 N–H and O–H groups in total. The summed E-state index contributed by atoms with van der Waals surface area (Å²) in [7, 11) is 0. The van der Waals surface area contributed by atoms with Crippen LogP contribution in [0.2, 0.25) is 0 Å². The predicted octanol–water partition coefficient (Wildman–Crippen LogP) is 2.65. The van der Waals surface area contributed by atoms with E-state index >= 15 is 0 Å². The summed E-state index contributed by atoms with van der Waals surface area (Å²) in [6.07, 6.45) is 4.20. The number of carbonyl (C=O) groups is 1. The van der Waals surface area contributed by atoms with Gasteiger partial charge in [-0.15, -0.1) is 0 Å². The fourth-order valence-electron chi connectivity index (χ4n) is 1.26. The molecule has 0 fully saturated rings. The molecule has 1 aromatic heterocycles. The molecule has 3 nitrogen and oxygen atoms in total. The number of nitrogens with one attached hydrogen (secondary N) is 1. The van der Waals surface area contributed by atoms with Gasteiger partial charge in [-0.1, -0.05) is 13.3 Å². The summed E-state index contributed by atoms with van der Waals surface area (Å²) < 4.78 is 5.19. The highest BCUT2D eigenvalue weighted by atomic mass is 16.3. The third kappa shape index (κ3) is 3.24. The van der Waals surface area contributed by atoms with E-state index < -0.39 is 0 Å². The molecule has 3 heteroatoms. The Morgan fingerprint density at radius 1 is 1.64 bits per heavy atom. The number of furan rings is 1. The SMILES string of the molecule is CCCCC(=O)NC(C)c1ccco1. The van der Waals surface area contributed by atoms with Gasteiger partial charge in [0.25, 0.3) is 0 Å². The second-order valence-corrected chi connectivity index (χ2v) is 3.41. The minimum Gasteiger partial charge on any atom is -0.467 e. The van der Waals surface area contributed by atoms with Crippen LogP contribution in [0.4, 0.5) is 0 Å². The number of unbranched alkanes of at least 4 members (excludes halogenated alkanes) is 1. The second-order valence-electron chi connectivity index (χ2n) is 3.41. The Morgan fingerprint density at radius 3 is 3.00 bits per heavy atom. The summed E-state index contributed by atoms with van der Waals surface area (Å²) in [5.74, 6) is 0.894. The van der Waals surface area contributed by atoms with E-state index in [0.29, 0.717) is 6.42 Å². The zero-order valence-corrected chi connectivity index (χ0v) is 8.75. The Labute approximate surface area is 84.5 Å². The van der Waals surface area contributed by atoms with Gasteiger partial charge in [0.05, 0.1) is 12.3 Å². The quantitative estimate of drug-likeness (QED) is 0.784. The molecular formula is C11H17NO2. The second kappa shape index (κ2) is 5.47. The molecule has 1 unspecified atom stereocenters. The topological polar surface area (TPSA) is 42.2 Å². The standard InChI is InChI=1S/C11H17NO2/c1-3-4-7-11(13)12-9(2)10-6-5-8-14-10/h5-6,8-9H,3-4,7H2,1-2H3,(H,12,13). The Hall–Kier alpha value is -1.25. The molecule has 1 amide bonds. The zero-order chi connectivity index (χ0) is 10.4. The molecule has 1 rings (SSSR count). The van der Waals surface area contributed by atoms with Gasteiger partial charge in [-0.2, -0.15) is 0 Å². The number of hydrogen-bond acceptors (Lipinski definition) is 2. The predicted molar refractivity (Wildman–Crippen MR) is 54.8 cm³/mol. The van der Waals surface area contributed by atoms with Crippen LogP contribution in [0.15, 0.2) is 22.8 Å². The van der Waals surface area contributed by atoms with Gasteiger partial charge in [0.2, 0.25) is 5.91 Å². The molecule has 0 aromatic carbocycles. The van der Waals surface area contributed by atoms with Gasteiger partial charge in [-0.25, -0.2) is 0 Å². The van der Waals surface area contributed by atoms with Crippen molar-refractivity contribution in [1.82, 2.24) is 5.32 Å². The van der Waals surface area contributed by atoms with Gasteiger partial charge >= 0.3 is 0 Å². The van der Waals surface area contributed by atoms with E-state index in [-0.39, 0.29) is 11.9 Å².